The number of hydrogen-bond acceptors (Lipinski definition) is 4. The minimum Gasteiger partial charge on any atom is -0.384 e. The SMILES string of the molecule is COCC(CC1CCCCC1)(C(C)C)C(OC)C(OC)C(COC)(C(C)C)C(C)C. The summed E-state index contributed by atoms with van der Waals surface area (Å²) in [6.45, 7) is 15.2. The maximum absolute atomic E-state index is 6.42. The van der Waals surface area contributed by atoms with Gasteiger partial charge < -0.3 is 18.9 Å². The first kappa shape index (κ1) is 27.9. The van der Waals surface area contributed by atoms with E-state index in [1.165, 1.54) is 32.1 Å². The van der Waals surface area contributed by atoms with Crippen LogP contribution in [0.25, 0.3) is 0 Å². The largest absolute Gasteiger partial charge is 0.384 e. The lowest BCUT2D eigenvalue weighted by Gasteiger charge is -2.55. The number of hydrogen-bond donors (Lipinski definition) is 0. The zero-order valence-electron chi connectivity index (χ0n) is 21.8. The van der Waals surface area contributed by atoms with Gasteiger partial charge in [-0.15, -0.1) is 0 Å². The standard InChI is InChI=1S/C26H52O4/c1-19(2)25(17-27-7,16-22-14-12-11-13-15-22)23(29-9)24(30-10)26(18-28-8,20(3)4)21(5)6/h19-24H,11-18H2,1-10H3. The minimum absolute atomic E-state index is 0.0654. The highest BCUT2D eigenvalue weighted by molar-refractivity contribution is 5.04. The van der Waals surface area contributed by atoms with Crippen molar-refractivity contribution in [2.45, 2.75) is 92.3 Å². The topological polar surface area (TPSA) is 36.9 Å². The Morgan fingerprint density at radius 2 is 1.17 bits per heavy atom. The van der Waals surface area contributed by atoms with Crippen LogP contribution in [0, 0.1) is 34.5 Å². The number of rotatable bonds is 14. The molecular formula is C26H52O4. The van der Waals surface area contributed by atoms with Crippen molar-refractivity contribution in [2.75, 3.05) is 41.7 Å². The highest BCUT2D eigenvalue weighted by Crippen LogP contribution is 2.51. The molecule has 30 heavy (non-hydrogen) atoms. The van der Waals surface area contributed by atoms with Crippen molar-refractivity contribution in [3.8, 4) is 0 Å². The van der Waals surface area contributed by atoms with Gasteiger partial charge in [-0.1, -0.05) is 73.6 Å². The summed E-state index contributed by atoms with van der Waals surface area (Å²) in [7, 11) is 7.35. The number of ether oxygens (including phenoxy) is 4. The molecule has 0 radical (unpaired) electrons. The molecule has 0 spiro atoms. The van der Waals surface area contributed by atoms with E-state index in [2.05, 4.69) is 41.5 Å². The molecule has 0 heterocycles. The first-order chi connectivity index (χ1) is 14.2. The molecule has 1 fully saturated rings. The molecule has 0 amide bonds. The predicted molar refractivity (Wildman–Crippen MR) is 126 cm³/mol. The van der Waals surface area contributed by atoms with E-state index in [-0.39, 0.29) is 23.0 Å². The zero-order valence-corrected chi connectivity index (χ0v) is 21.8. The Kier molecular flexibility index (Phi) is 11.9. The molecule has 3 unspecified atom stereocenters. The maximum atomic E-state index is 6.42. The summed E-state index contributed by atoms with van der Waals surface area (Å²) < 4.78 is 24.5. The fraction of sp³-hybridized carbons (Fsp3) is 1.00. The van der Waals surface area contributed by atoms with Crippen LogP contribution in [0.5, 0.6) is 0 Å². The summed E-state index contributed by atoms with van der Waals surface area (Å²) >= 11 is 0. The molecule has 1 rings (SSSR count). The Morgan fingerprint density at radius 3 is 1.53 bits per heavy atom. The Hall–Kier alpha value is -0.160. The molecule has 0 aromatic carbocycles. The van der Waals surface area contributed by atoms with Crippen LogP contribution in [-0.4, -0.2) is 53.9 Å². The molecule has 0 aromatic heterocycles. The second kappa shape index (κ2) is 12.8. The highest BCUT2D eigenvalue weighted by Gasteiger charge is 2.56. The fourth-order valence-electron chi connectivity index (χ4n) is 6.46. The number of methoxy groups -OCH3 is 4. The van der Waals surface area contributed by atoms with Gasteiger partial charge in [0.1, 0.15) is 0 Å². The summed E-state index contributed by atoms with van der Waals surface area (Å²) in [4.78, 5) is 0. The molecule has 1 aliphatic carbocycles. The van der Waals surface area contributed by atoms with Gasteiger partial charge in [-0.05, 0) is 30.1 Å². The van der Waals surface area contributed by atoms with Crippen molar-refractivity contribution in [3.63, 3.8) is 0 Å². The summed E-state index contributed by atoms with van der Waals surface area (Å²) in [5, 5.41) is 0. The van der Waals surface area contributed by atoms with Gasteiger partial charge in [-0.2, -0.15) is 0 Å². The van der Waals surface area contributed by atoms with Gasteiger partial charge in [0.2, 0.25) is 0 Å². The second-order valence-electron chi connectivity index (χ2n) is 10.7. The lowest BCUT2D eigenvalue weighted by molar-refractivity contribution is -0.212. The molecule has 1 saturated carbocycles. The Labute approximate surface area is 187 Å². The molecule has 0 saturated heterocycles. The van der Waals surface area contributed by atoms with Gasteiger partial charge in [0.25, 0.3) is 0 Å². The molecule has 0 N–H and O–H groups in total. The van der Waals surface area contributed by atoms with E-state index >= 15 is 0 Å². The van der Waals surface area contributed by atoms with Crippen LogP contribution < -0.4 is 0 Å². The first-order valence-corrected chi connectivity index (χ1v) is 12.2. The molecular weight excluding hydrogens is 376 g/mol. The van der Waals surface area contributed by atoms with Crippen LogP contribution in [0.4, 0.5) is 0 Å². The minimum atomic E-state index is -0.148. The van der Waals surface area contributed by atoms with Gasteiger partial charge in [-0.25, -0.2) is 0 Å². The van der Waals surface area contributed by atoms with Gasteiger partial charge in [0.05, 0.1) is 25.4 Å². The van der Waals surface area contributed by atoms with E-state index in [4.69, 9.17) is 18.9 Å². The van der Waals surface area contributed by atoms with E-state index in [1.807, 2.05) is 21.3 Å². The quantitative estimate of drug-likeness (QED) is 0.329. The van der Waals surface area contributed by atoms with Crippen molar-refractivity contribution in [1.82, 2.24) is 0 Å². The van der Waals surface area contributed by atoms with Crippen LogP contribution in [0.1, 0.15) is 80.1 Å². The smallest absolute Gasteiger partial charge is 0.0922 e. The van der Waals surface area contributed by atoms with E-state index in [0.29, 0.717) is 31.0 Å². The molecule has 0 aromatic rings. The van der Waals surface area contributed by atoms with Gasteiger partial charge in [0, 0.05) is 39.3 Å². The third kappa shape index (κ3) is 5.79. The van der Waals surface area contributed by atoms with Crippen LogP contribution in [0.15, 0.2) is 0 Å². The second-order valence-corrected chi connectivity index (χ2v) is 10.7. The van der Waals surface area contributed by atoms with Gasteiger partial charge in [0.15, 0.2) is 0 Å². The van der Waals surface area contributed by atoms with E-state index in [0.717, 1.165) is 12.3 Å². The molecule has 1 aliphatic rings. The average Bonchev–Trinajstić information content (AvgIpc) is 2.70. The van der Waals surface area contributed by atoms with Crippen molar-refractivity contribution < 1.29 is 18.9 Å². The van der Waals surface area contributed by atoms with Crippen molar-refractivity contribution in [3.05, 3.63) is 0 Å². The van der Waals surface area contributed by atoms with Crippen LogP contribution >= 0.6 is 0 Å². The predicted octanol–water partition coefficient (Wildman–Crippen LogP) is 6.22. The van der Waals surface area contributed by atoms with E-state index in [1.54, 1.807) is 7.11 Å². The Balaban J connectivity index is 3.53. The average molecular weight is 429 g/mol. The third-order valence-corrected chi connectivity index (χ3v) is 8.38. The summed E-state index contributed by atoms with van der Waals surface area (Å²) in [5.74, 6) is 1.94. The van der Waals surface area contributed by atoms with Crippen molar-refractivity contribution in [1.29, 1.82) is 0 Å². The van der Waals surface area contributed by atoms with E-state index in [9.17, 15) is 0 Å². The Bertz CT molecular complexity index is 448. The molecule has 0 aliphatic heterocycles. The van der Waals surface area contributed by atoms with Crippen molar-refractivity contribution in [2.24, 2.45) is 34.5 Å². The summed E-state index contributed by atoms with van der Waals surface area (Å²) in [6, 6.07) is 0. The van der Waals surface area contributed by atoms with Crippen molar-refractivity contribution >= 4 is 0 Å². The van der Waals surface area contributed by atoms with Crippen LogP contribution in [0.2, 0.25) is 0 Å². The normalized spacial score (nSPS) is 20.7. The lowest BCUT2D eigenvalue weighted by Crippen LogP contribution is -2.61. The molecule has 3 atom stereocenters. The lowest BCUT2D eigenvalue weighted by atomic mass is 9.57. The fourth-order valence-corrected chi connectivity index (χ4v) is 6.46. The molecule has 0 bridgehead atoms. The monoisotopic (exact) mass is 428 g/mol. The molecule has 4 heteroatoms. The summed E-state index contributed by atoms with van der Waals surface area (Å²) in [5.41, 5.74) is -0.250. The molecule has 180 valence electrons. The van der Waals surface area contributed by atoms with Gasteiger partial charge >= 0.3 is 0 Å². The van der Waals surface area contributed by atoms with Gasteiger partial charge in [-0.3, -0.25) is 0 Å². The molecule has 4 nitrogen and oxygen atoms in total. The maximum Gasteiger partial charge on any atom is 0.0922 e. The highest BCUT2D eigenvalue weighted by atomic mass is 16.5. The van der Waals surface area contributed by atoms with Crippen LogP contribution in [0.3, 0.4) is 0 Å². The summed E-state index contributed by atoms with van der Waals surface area (Å²) in [6.07, 6.45) is 7.71. The van der Waals surface area contributed by atoms with Crippen LogP contribution in [-0.2, 0) is 18.9 Å². The van der Waals surface area contributed by atoms with E-state index < -0.39 is 0 Å². The Morgan fingerprint density at radius 1 is 0.667 bits per heavy atom. The third-order valence-electron chi connectivity index (χ3n) is 8.38. The first-order valence-electron chi connectivity index (χ1n) is 12.2. The zero-order chi connectivity index (χ0) is 22.9.